The first-order valence-corrected chi connectivity index (χ1v) is 12.3. The van der Waals surface area contributed by atoms with Crippen LogP contribution in [0.25, 0.3) is 0 Å². The standard InChI is InChI=1S/C21H26FNO6S/c22-18-1-3-19(4-2-18)30(24,25)23-7-5-20(6-8-23)26-28-21(29-27-20)16-10-14-9-15(12-16)13-17(21)11-14/h1-4,14-17H,5-13H2. The van der Waals surface area contributed by atoms with E-state index in [-0.39, 0.29) is 18.0 Å². The Morgan fingerprint density at radius 3 is 1.90 bits per heavy atom. The van der Waals surface area contributed by atoms with Crippen LogP contribution in [0.3, 0.4) is 0 Å². The molecule has 7 rings (SSSR count). The van der Waals surface area contributed by atoms with E-state index in [1.54, 1.807) is 0 Å². The van der Waals surface area contributed by atoms with Gasteiger partial charge in [-0.05, 0) is 68.2 Å². The molecule has 6 aliphatic rings. The Kier molecular flexibility index (Phi) is 4.37. The summed E-state index contributed by atoms with van der Waals surface area (Å²) < 4.78 is 40.2. The highest BCUT2D eigenvalue weighted by Gasteiger charge is 2.64. The van der Waals surface area contributed by atoms with E-state index in [2.05, 4.69) is 0 Å². The van der Waals surface area contributed by atoms with Crippen LogP contribution >= 0.6 is 0 Å². The molecule has 7 nitrogen and oxygen atoms in total. The summed E-state index contributed by atoms with van der Waals surface area (Å²) in [6.07, 6.45) is 6.29. The summed E-state index contributed by atoms with van der Waals surface area (Å²) in [5, 5.41) is 0. The van der Waals surface area contributed by atoms with Crippen molar-refractivity contribution in [2.75, 3.05) is 13.1 Å². The molecule has 0 N–H and O–H groups in total. The van der Waals surface area contributed by atoms with Gasteiger partial charge in [0, 0.05) is 37.8 Å². The Morgan fingerprint density at radius 1 is 0.833 bits per heavy atom. The van der Waals surface area contributed by atoms with E-state index in [0.29, 0.717) is 24.7 Å². The first-order valence-electron chi connectivity index (χ1n) is 10.9. The van der Waals surface area contributed by atoms with E-state index in [0.717, 1.165) is 49.7 Å². The minimum Gasteiger partial charge on any atom is -0.207 e. The van der Waals surface area contributed by atoms with E-state index >= 15 is 0 Å². The van der Waals surface area contributed by atoms with Crippen LogP contribution in [0.1, 0.15) is 44.9 Å². The predicted molar refractivity (Wildman–Crippen MR) is 101 cm³/mol. The summed E-state index contributed by atoms with van der Waals surface area (Å²) in [5.74, 6) is -0.244. The minimum atomic E-state index is -3.70. The number of piperidine rings is 1. The maximum absolute atomic E-state index is 13.1. The van der Waals surface area contributed by atoms with Gasteiger partial charge in [-0.1, -0.05) is 0 Å². The lowest BCUT2D eigenvalue weighted by Crippen LogP contribution is -2.65. The van der Waals surface area contributed by atoms with Gasteiger partial charge in [0.25, 0.3) is 0 Å². The number of sulfonamides is 1. The van der Waals surface area contributed by atoms with Crippen molar-refractivity contribution in [2.45, 2.75) is 61.4 Å². The third-order valence-corrected chi connectivity index (χ3v) is 9.77. The van der Waals surface area contributed by atoms with Crippen molar-refractivity contribution in [2.24, 2.45) is 23.7 Å². The zero-order valence-corrected chi connectivity index (χ0v) is 17.5. The van der Waals surface area contributed by atoms with Gasteiger partial charge in [0.1, 0.15) is 5.82 Å². The highest BCUT2D eigenvalue weighted by Crippen LogP contribution is 2.61. The van der Waals surface area contributed by atoms with Crippen molar-refractivity contribution >= 4 is 10.0 Å². The van der Waals surface area contributed by atoms with Crippen LogP contribution in [0.5, 0.6) is 0 Å². The monoisotopic (exact) mass is 439 g/mol. The normalized spacial score (nSPS) is 37.1. The number of halogens is 1. The molecule has 4 aliphatic carbocycles. The molecule has 0 amide bonds. The summed E-state index contributed by atoms with van der Waals surface area (Å²) in [5.41, 5.74) is 0. The molecule has 1 aromatic carbocycles. The van der Waals surface area contributed by atoms with Gasteiger partial charge in [0.05, 0.1) is 4.90 Å². The number of hydrogen-bond acceptors (Lipinski definition) is 6. The third-order valence-electron chi connectivity index (χ3n) is 7.86. The molecule has 4 bridgehead atoms. The van der Waals surface area contributed by atoms with Crippen molar-refractivity contribution in [3.8, 4) is 0 Å². The van der Waals surface area contributed by atoms with E-state index in [1.807, 2.05) is 0 Å². The molecule has 0 radical (unpaired) electrons. The lowest BCUT2D eigenvalue weighted by Gasteiger charge is -2.60. The van der Waals surface area contributed by atoms with Gasteiger partial charge in [0.15, 0.2) is 0 Å². The van der Waals surface area contributed by atoms with Gasteiger partial charge in [-0.3, -0.25) is 0 Å². The quantitative estimate of drug-likeness (QED) is 0.658. The second kappa shape index (κ2) is 6.70. The summed E-state index contributed by atoms with van der Waals surface area (Å²) in [4.78, 5) is 23.8. The smallest absolute Gasteiger partial charge is 0.207 e. The molecule has 2 spiro atoms. The Morgan fingerprint density at radius 2 is 1.37 bits per heavy atom. The number of benzene rings is 1. The molecule has 2 saturated heterocycles. The highest BCUT2D eigenvalue weighted by atomic mass is 32.2. The van der Waals surface area contributed by atoms with E-state index in [1.165, 1.54) is 22.9 Å². The van der Waals surface area contributed by atoms with E-state index < -0.39 is 27.4 Å². The first kappa shape index (κ1) is 19.6. The molecular formula is C21H26FNO6S. The third kappa shape index (κ3) is 2.90. The van der Waals surface area contributed by atoms with Gasteiger partial charge in [-0.15, -0.1) is 0 Å². The van der Waals surface area contributed by atoms with Crippen molar-refractivity contribution in [1.82, 2.24) is 4.31 Å². The Bertz CT molecular complexity index is 887. The van der Waals surface area contributed by atoms with Crippen LogP contribution in [-0.2, 0) is 29.6 Å². The number of nitrogens with zero attached hydrogens (tertiary/aromatic N) is 1. The van der Waals surface area contributed by atoms with Crippen LogP contribution < -0.4 is 0 Å². The van der Waals surface area contributed by atoms with Crippen LogP contribution in [-0.4, -0.2) is 37.4 Å². The van der Waals surface area contributed by atoms with Gasteiger partial charge >= 0.3 is 0 Å². The van der Waals surface area contributed by atoms with E-state index in [9.17, 15) is 12.8 Å². The summed E-state index contributed by atoms with van der Waals surface area (Å²) in [6.45, 7) is 0.410. The maximum atomic E-state index is 13.1. The lowest BCUT2D eigenvalue weighted by molar-refractivity contribution is -0.680. The zero-order chi connectivity index (χ0) is 20.6. The van der Waals surface area contributed by atoms with Crippen molar-refractivity contribution in [1.29, 1.82) is 0 Å². The molecule has 30 heavy (non-hydrogen) atoms. The molecule has 6 fully saturated rings. The molecule has 164 valence electrons. The minimum absolute atomic E-state index is 0.0744. The molecule has 2 heterocycles. The predicted octanol–water partition coefficient (Wildman–Crippen LogP) is 3.37. The van der Waals surface area contributed by atoms with E-state index in [4.69, 9.17) is 19.6 Å². The van der Waals surface area contributed by atoms with Crippen molar-refractivity contribution < 1.29 is 32.4 Å². The molecule has 2 aliphatic heterocycles. The van der Waals surface area contributed by atoms with Gasteiger partial charge in [-0.25, -0.2) is 12.8 Å². The summed E-state index contributed by atoms with van der Waals surface area (Å²) in [7, 11) is -3.70. The van der Waals surface area contributed by atoms with Crippen LogP contribution in [0, 0.1) is 29.5 Å². The maximum Gasteiger partial charge on any atom is 0.243 e. The summed E-state index contributed by atoms with van der Waals surface area (Å²) >= 11 is 0. The Labute approximate surface area is 175 Å². The average molecular weight is 440 g/mol. The van der Waals surface area contributed by atoms with Crippen molar-refractivity contribution in [3.05, 3.63) is 30.1 Å². The molecule has 0 atom stereocenters. The SMILES string of the molecule is O=S(=O)(c1ccc(F)cc1)N1CCC2(CC1)OOC1(OO2)C2CC3CC(C2)CC1C3. The Hall–Kier alpha value is -1.10. The van der Waals surface area contributed by atoms with Gasteiger partial charge in [-0.2, -0.15) is 23.9 Å². The van der Waals surface area contributed by atoms with Crippen LogP contribution in [0.4, 0.5) is 4.39 Å². The van der Waals surface area contributed by atoms with Gasteiger partial charge in [0.2, 0.25) is 21.6 Å². The molecule has 9 heteroatoms. The number of rotatable bonds is 2. The van der Waals surface area contributed by atoms with Crippen LogP contribution in [0.15, 0.2) is 29.2 Å². The largest absolute Gasteiger partial charge is 0.243 e. The molecule has 4 saturated carbocycles. The molecule has 0 aromatic heterocycles. The van der Waals surface area contributed by atoms with Crippen LogP contribution in [0.2, 0.25) is 0 Å². The lowest BCUT2D eigenvalue weighted by atomic mass is 9.53. The summed E-state index contributed by atoms with van der Waals surface area (Å²) in [6, 6.07) is 4.87. The highest BCUT2D eigenvalue weighted by molar-refractivity contribution is 7.89. The Balaban J connectivity index is 1.13. The molecular weight excluding hydrogens is 413 g/mol. The topological polar surface area (TPSA) is 74.3 Å². The van der Waals surface area contributed by atoms with Gasteiger partial charge < -0.3 is 0 Å². The fourth-order valence-electron chi connectivity index (χ4n) is 6.41. The second-order valence-electron chi connectivity index (χ2n) is 9.63. The average Bonchev–Trinajstić information content (AvgIpc) is 2.74. The zero-order valence-electron chi connectivity index (χ0n) is 16.7. The van der Waals surface area contributed by atoms with Crippen molar-refractivity contribution in [3.63, 3.8) is 0 Å². The molecule has 1 aromatic rings. The fourth-order valence-corrected chi connectivity index (χ4v) is 7.85. The fraction of sp³-hybridized carbons (Fsp3) is 0.714. The first-order chi connectivity index (χ1) is 14.4. The number of hydrogen-bond donors (Lipinski definition) is 0. The molecule has 0 unspecified atom stereocenters. The second-order valence-corrected chi connectivity index (χ2v) is 11.6.